The number of rotatable bonds is 2. The molecule has 2 rings (SSSR count). The molecule has 0 aliphatic carbocycles. The topological polar surface area (TPSA) is 24.0 Å². The van der Waals surface area contributed by atoms with Crippen LogP contribution >= 0.6 is 12.2 Å². The molecule has 0 bridgehead atoms. The molecule has 102 valence electrons. The second-order valence-electron chi connectivity index (χ2n) is 5.98. The number of hydrogen-bond acceptors (Lipinski definition) is 2. The SMILES string of the molecule is CN(C)c1cccc(-n2c(C(C)(C)C)c[nH]c2=S)c1. The zero-order valence-electron chi connectivity index (χ0n) is 12.2. The molecule has 0 fully saturated rings. The highest BCUT2D eigenvalue weighted by Crippen LogP contribution is 2.26. The average Bonchev–Trinajstić information content (AvgIpc) is 2.71. The van der Waals surface area contributed by atoms with Crippen molar-refractivity contribution in [1.29, 1.82) is 0 Å². The van der Waals surface area contributed by atoms with Gasteiger partial charge in [0.1, 0.15) is 0 Å². The van der Waals surface area contributed by atoms with Crippen molar-refractivity contribution in [2.75, 3.05) is 19.0 Å². The minimum atomic E-state index is 0.0433. The molecule has 1 N–H and O–H groups in total. The molecule has 0 atom stereocenters. The van der Waals surface area contributed by atoms with E-state index in [4.69, 9.17) is 12.2 Å². The van der Waals surface area contributed by atoms with Crippen LogP contribution in [-0.2, 0) is 5.41 Å². The maximum Gasteiger partial charge on any atom is 0.182 e. The minimum Gasteiger partial charge on any atom is -0.378 e. The molecule has 1 aromatic heterocycles. The van der Waals surface area contributed by atoms with Gasteiger partial charge < -0.3 is 9.88 Å². The van der Waals surface area contributed by atoms with E-state index in [2.05, 4.69) is 59.5 Å². The zero-order chi connectivity index (χ0) is 14.2. The second-order valence-corrected chi connectivity index (χ2v) is 6.37. The van der Waals surface area contributed by atoms with Crippen LogP contribution in [0.15, 0.2) is 30.5 Å². The van der Waals surface area contributed by atoms with E-state index >= 15 is 0 Å². The van der Waals surface area contributed by atoms with Crippen molar-refractivity contribution >= 4 is 17.9 Å². The monoisotopic (exact) mass is 275 g/mol. The van der Waals surface area contributed by atoms with Crippen molar-refractivity contribution in [1.82, 2.24) is 9.55 Å². The first kappa shape index (κ1) is 13.9. The summed E-state index contributed by atoms with van der Waals surface area (Å²) in [5, 5.41) is 0. The van der Waals surface area contributed by atoms with E-state index in [1.54, 1.807) is 0 Å². The van der Waals surface area contributed by atoms with Gasteiger partial charge in [-0.25, -0.2) is 0 Å². The van der Waals surface area contributed by atoms with Gasteiger partial charge in [-0.15, -0.1) is 0 Å². The molecular weight excluding hydrogens is 254 g/mol. The standard InChI is InChI=1S/C15H21N3S/c1-15(2,3)13-10-16-14(19)18(13)12-8-6-7-11(9-12)17(4)5/h6-10H,1-5H3,(H,16,19). The second kappa shape index (κ2) is 4.85. The zero-order valence-corrected chi connectivity index (χ0v) is 13.0. The molecule has 2 aromatic rings. The Bertz CT molecular complexity index is 629. The highest BCUT2D eigenvalue weighted by Gasteiger charge is 2.20. The van der Waals surface area contributed by atoms with Crippen molar-refractivity contribution in [2.24, 2.45) is 0 Å². The number of aromatic amines is 1. The fourth-order valence-corrected chi connectivity index (χ4v) is 2.35. The first-order valence-electron chi connectivity index (χ1n) is 6.39. The van der Waals surface area contributed by atoms with Crippen molar-refractivity contribution in [2.45, 2.75) is 26.2 Å². The van der Waals surface area contributed by atoms with Gasteiger partial charge in [0.2, 0.25) is 0 Å². The van der Waals surface area contributed by atoms with Gasteiger partial charge in [-0.1, -0.05) is 26.8 Å². The summed E-state index contributed by atoms with van der Waals surface area (Å²) in [7, 11) is 4.08. The number of nitrogens with one attached hydrogen (secondary N) is 1. The number of nitrogens with zero attached hydrogens (tertiary/aromatic N) is 2. The molecule has 1 heterocycles. The third-order valence-corrected chi connectivity index (χ3v) is 3.45. The highest BCUT2D eigenvalue weighted by molar-refractivity contribution is 7.71. The molecule has 0 aliphatic heterocycles. The first-order valence-corrected chi connectivity index (χ1v) is 6.80. The summed E-state index contributed by atoms with van der Waals surface area (Å²) in [6.07, 6.45) is 2.00. The van der Waals surface area contributed by atoms with Gasteiger partial charge >= 0.3 is 0 Å². The van der Waals surface area contributed by atoms with Crippen LogP contribution < -0.4 is 4.90 Å². The maximum absolute atomic E-state index is 5.43. The number of H-pyrrole nitrogens is 1. The van der Waals surface area contributed by atoms with Gasteiger partial charge in [-0.3, -0.25) is 4.57 Å². The smallest absolute Gasteiger partial charge is 0.182 e. The molecular formula is C15H21N3S. The van der Waals surface area contributed by atoms with Crippen LogP contribution in [0, 0.1) is 4.77 Å². The molecule has 4 heteroatoms. The molecule has 0 amide bonds. The van der Waals surface area contributed by atoms with Gasteiger partial charge in [0.25, 0.3) is 0 Å². The molecule has 0 radical (unpaired) electrons. The lowest BCUT2D eigenvalue weighted by Crippen LogP contribution is -2.17. The Labute approximate surface area is 119 Å². The number of aromatic nitrogens is 2. The summed E-state index contributed by atoms with van der Waals surface area (Å²) in [4.78, 5) is 5.25. The number of anilines is 1. The van der Waals surface area contributed by atoms with Crippen LogP contribution in [0.5, 0.6) is 0 Å². The molecule has 0 unspecified atom stereocenters. The number of imidazole rings is 1. The normalized spacial score (nSPS) is 11.6. The largest absolute Gasteiger partial charge is 0.378 e. The van der Waals surface area contributed by atoms with Gasteiger partial charge in [0.15, 0.2) is 4.77 Å². The quantitative estimate of drug-likeness (QED) is 0.841. The lowest BCUT2D eigenvalue weighted by atomic mass is 9.92. The Hall–Kier alpha value is -1.55. The molecule has 0 aliphatic rings. The summed E-state index contributed by atoms with van der Waals surface area (Å²) in [5.41, 5.74) is 3.50. The molecule has 0 spiro atoms. The predicted octanol–water partition coefficient (Wildman–Crippen LogP) is 3.90. The van der Waals surface area contributed by atoms with Gasteiger partial charge in [0.05, 0.1) is 5.69 Å². The van der Waals surface area contributed by atoms with Crippen molar-refractivity contribution in [3.05, 3.63) is 40.9 Å². The third kappa shape index (κ3) is 2.73. The Morgan fingerprint density at radius 2 is 1.89 bits per heavy atom. The summed E-state index contributed by atoms with van der Waals surface area (Å²) in [6.45, 7) is 6.58. The van der Waals surface area contributed by atoms with Gasteiger partial charge in [0, 0.05) is 37.1 Å². The summed E-state index contributed by atoms with van der Waals surface area (Å²) in [5.74, 6) is 0. The number of hydrogen-bond donors (Lipinski definition) is 1. The van der Waals surface area contributed by atoms with Crippen molar-refractivity contribution in [3.8, 4) is 5.69 Å². The van der Waals surface area contributed by atoms with Crippen LogP contribution in [-0.4, -0.2) is 23.6 Å². The third-order valence-electron chi connectivity index (χ3n) is 3.15. The molecule has 0 saturated carbocycles. The number of benzene rings is 1. The van der Waals surface area contributed by atoms with Crippen LogP contribution in [0.4, 0.5) is 5.69 Å². The van der Waals surface area contributed by atoms with Gasteiger partial charge in [-0.2, -0.15) is 0 Å². The van der Waals surface area contributed by atoms with E-state index in [1.165, 1.54) is 11.4 Å². The fourth-order valence-electron chi connectivity index (χ4n) is 2.09. The van der Waals surface area contributed by atoms with E-state index in [9.17, 15) is 0 Å². The van der Waals surface area contributed by atoms with E-state index < -0.39 is 0 Å². The van der Waals surface area contributed by atoms with E-state index in [1.807, 2.05) is 20.3 Å². The summed E-state index contributed by atoms with van der Waals surface area (Å²) < 4.78 is 2.85. The molecule has 19 heavy (non-hydrogen) atoms. The van der Waals surface area contributed by atoms with Crippen LogP contribution in [0.1, 0.15) is 26.5 Å². The molecule has 1 aromatic carbocycles. The average molecular weight is 275 g/mol. The summed E-state index contributed by atoms with van der Waals surface area (Å²) in [6, 6.07) is 8.40. The highest BCUT2D eigenvalue weighted by atomic mass is 32.1. The lowest BCUT2D eigenvalue weighted by Gasteiger charge is -2.21. The molecule has 3 nitrogen and oxygen atoms in total. The minimum absolute atomic E-state index is 0.0433. The van der Waals surface area contributed by atoms with E-state index in [0.29, 0.717) is 0 Å². The van der Waals surface area contributed by atoms with E-state index in [-0.39, 0.29) is 5.41 Å². The lowest BCUT2D eigenvalue weighted by molar-refractivity contribution is 0.556. The van der Waals surface area contributed by atoms with Crippen LogP contribution in [0.3, 0.4) is 0 Å². The Kier molecular flexibility index (Phi) is 3.54. The van der Waals surface area contributed by atoms with Crippen LogP contribution in [0.25, 0.3) is 5.69 Å². The van der Waals surface area contributed by atoms with Crippen molar-refractivity contribution < 1.29 is 0 Å². The fraction of sp³-hybridized carbons (Fsp3) is 0.400. The van der Waals surface area contributed by atoms with Gasteiger partial charge in [-0.05, 0) is 30.4 Å². The Morgan fingerprint density at radius 1 is 1.21 bits per heavy atom. The Morgan fingerprint density at radius 3 is 2.47 bits per heavy atom. The van der Waals surface area contributed by atoms with Crippen molar-refractivity contribution in [3.63, 3.8) is 0 Å². The van der Waals surface area contributed by atoms with Crippen LogP contribution in [0.2, 0.25) is 0 Å². The summed E-state index contributed by atoms with van der Waals surface area (Å²) >= 11 is 5.43. The Balaban J connectivity index is 2.62. The molecule has 0 saturated heterocycles. The maximum atomic E-state index is 5.43. The predicted molar refractivity (Wildman–Crippen MR) is 84.0 cm³/mol. The van der Waals surface area contributed by atoms with E-state index in [0.717, 1.165) is 10.5 Å². The first-order chi connectivity index (χ1) is 8.80.